The first-order chi connectivity index (χ1) is 14.2. The molecule has 0 N–H and O–H groups in total. The molecule has 5 nitrogen and oxygen atoms in total. The molecule has 1 atom stereocenters. The van der Waals surface area contributed by atoms with Crippen LogP contribution in [0.3, 0.4) is 0 Å². The van der Waals surface area contributed by atoms with Gasteiger partial charge in [0.25, 0.3) is 5.91 Å². The molecule has 0 spiro atoms. The van der Waals surface area contributed by atoms with Gasteiger partial charge in [-0.1, -0.05) is 24.3 Å². The number of thioether (sulfide) groups is 1. The van der Waals surface area contributed by atoms with Gasteiger partial charge in [-0.15, -0.1) is 11.8 Å². The van der Waals surface area contributed by atoms with Crippen LogP contribution in [0.4, 0.5) is 0 Å². The molecule has 3 heterocycles. The molecular formula is C23H17NO4S. The van der Waals surface area contributed by atoms with E-state index < -0.39 is 6.04 Å². The lowest BCUT2D eigenvalue weighted by Crippen LogP contribution is -2.29. The van der Waals surface area contributed by atoms with E-state index in [9.17, 15) is 9.59 Å². The van der Waals surface area contributed by atoms with Gasteiger partial charge in [0, 0.05) is 4.90 Å². The Labute approximate surface area is 170 Å². The number of hydrogen-bond acceptors (Lipinski definition) is 5. The van der Waals surface area contributed by atoms with E-state index in [0.29, 0.717) is 22.3 Å². The summed E-state index contributed by atoms with van der Waals surface area (Å²) in [6.45, 7) is 0.251. The normalized spacial score (nSPS) is 15.8. The SMILES string of the molecule is CSc1ccc([C@@H]2c3c(oc4ccccc4c3=O)C(=O)N2Cc2ccco2)cc1. The number of fused-ring (bicyclic) bond motifs is 2. The number of nitrogens with zero attached hydrogens (tertiary/aromatic N) is 1. The third-order valence-corrected chi connectivity index (χ3v) is 5.95. The van der Waals surface area contributed by atoms with Crippen molar-refractivity contribution in [3.8, 4) is 0 Å². The summed E-state index contributed by atoms with van der Waals surface area (Å²) in [4.78, 5) is 29.4. The van der Waals surface area contributed by atoms with Crippen LogP contribution in [0.15, 0.2) is 85.5 Å². The summed E-state index contributed by atoms with van der Waals surface area (Å²) in [6, 6.07) is 18.0. The van der Waals surface area contributed by atoms with Crippen LogP contribution < -0.4 is 5.43 Å². The minimum atomic E-state index is -0.528. The molecule has 2 aromatic carbocycles. The average Bonchev–Trinajstić information content (AvgIpc) is 3.36. The van der Waals surface area contributed by atoms with Crippen LogP contribution in [-0.4, -0.2) is 17.1 Å². The predicted octanol–water partition coefficient (Wildman–Crippen LogP) is 4.85. The van der Waals surface area contributed by atoms with E-state index in [1.807, 2.05) is 36.6 Å². The average molecular weight is 403 g/mol. The number of rotatable bonds is 4. The van der Waals surface area contributed by atoms with Crippen LogP contribution in [0.1, 0.15) is 33.5 Å². The highest BCUT2D eigenvalue weighted by atomic mass is 32.2. The second-order valence-corrected chi connectivity index (χ2v) is 7.74. The topological polar surface area (TPSA) is 63.7 Å². The van der Waals surface area contributed by atoms with Gasteiger partial charge in [0.2, 0.25) is 5.76 Å². The number of furan rings is 1. The van der Waals surface area contributed by atoms with Crippen molar-refractivity contribution in [3.63, 3.8) is 0 Å². The maximum Gasteiger partial charge on any atom is 0.291 e. The molecule has 5 rings (SSSR count). The summed E-state index contributed by atoms with van der Waals surface area (Å²) >= 11 is 1.64. The van der Waals surface area contributed by atoms with Crippen molar-refractivity contribution in [2.75, 3.05) is 6.26 Å². The van der Waals surface area contributed by atoms with Crippen molar-refractivity contribution in [1.82, 2.24) is 4.90 Å². The van der Waals surface area contributed by atoms with Crippen LogP contribution in [0, 0.1) is 0 Å². The van der Waals surface area contributed by atoms with Crippen molar-refractivity contribution in [3.05, 3.63) is 99.8 Å². The molecule has 144 valence electrons. The van der Waals surface area contributed by atoms with Gasteiger partial charge in [-0.3, -0.25) is 9.59 Å². The van der Waals surface area contributed by atoms with Crippen molar-refractivity contribution in [2.24, 2.45) is 0 Å². The van der Waals surface area contributed by atoms with Crippen molar-refractivity contribution in [2.45, 2.75) is 17.5 Å². The van der Waals surface area contributed by atoms with Crippen molar-refractivity contribution < 1.29 is 13.6 Å². The molecule has 4 aromatic rings. The maximum absolute atomic E-state index is 13.4. The Hall–Kier alpha value is -3.25. The summed E-state index contributed by atoms with van der Waals surface area (Å²) < 4.78 is 11.4. The molecule has 0 saturated heterocycles. The number of carbonyl (C=O) groups excluding carboxylic acids is 1. The smallest absolute Gasteiger partial charge is 0.291 e. The Balaban J connectivity index is 1.72. The fourth-order valence-electron chi connectivity index (χ4n) is 3.83. The molecule has 0 aliphatic carbocycles. The molecule has 0 radical (unpaired) electrons. The Bertz CT molecular complexity index is 1260. The minimum absolute atomic E-state index is 0.110. The van der Waals surface area contributed by atoms with Gasteiger partial charge in [-0.25, -0.2) is 0 Å². The highest BCUT2D eigenvalue weighted by Gasteiger charge is 2.43. The van der Waals surface area contributed by atoms with E-state index in [1.165, 1.54) is 0 Å². The Kier molecular flexibility index (Phi) is 4.28. The van der Waals surface area contributed by atoms with Gasteiger partial charge in [0.1, 0.15) is 11.3 Å². The number of carbonyl (C=O) groups is 1. The maximum atomic E-state index is 13.4. The Morgan fingerprint density at radius 1 is 1.00 bits per heavy atom. The summed E-state index contributed by atoms with van der Waals surface area (Å²) in [5, 5.41) is 0.477. The Morgan fingerprint density at radius 2 is 1.79 bits per heavy atom. The standard InChI is InChI=1S/C23H17NO4S/c1-29-16-10-8-14(9-11-16)20-19-21(25)17-6-2-3-7-18(17)28-22(19)23(26)24(20)13-15-5-4-12-27-15/h2-12,20H,13H2,1H3/t20-/m1/s1. The third-order valence-electron chi connectivity index (χ3n) is 5.21. The van der Waals surface area contributed by atoms with Crippen LogP contribution >= 0.6 is 11.8 Å². The molecular weight excluding hydrogens is 386 g/mol. The van der Waals surface area contributed by atoms with E-state index in [1.54, 1.807) is 53.3 Å². The first kappa shape index (κ1) is 17.8. The molecule has 0 bridgehead atoms. The molecule has 1 amide bonds. The van der Waals surface area contributed by atoms with Gasteiger partial charge in [0.05, 0.1) is 29.8 Å². The summed E-state index contributed by atoms with van der Waals surface area (Å²) in [5.74, 6) is 0.450. The summed E-state index contributed by atoms with van der Waals surface area (Å²) in [7, 11) is 0. The fourth-order valence-corrected chi connectivity index (χ4v) is 4.24. The fraction of sp³-hybridized carbons (Fsp3) is 0.130. The molecule has 0 saturated carbocycles. The Morgan fingerprint density at radius 3 is 2.52 bits per heavy atom. The lowest BCUT2D eigenvalue weighted by atomic mass is 9.98. The van der Waals surface area contributed by atoms with E-state index in [0.717, 1.165) is 10.5 Å². The quantitative estimate of drug-likeness (QED) is 0.456. The van der Waals surface area contributed by atoms with Crippen molar-refractivity contribution in [1.29, 1.82) is 0 Å². The molecule has 29 heavy (non-hydrogen) atoms. The largest absolute Gasteiger partial charge is 0.467 e. The molecule has 2 aromatic heterocycles. The van der Waals surface area contributed by atoms with Gasteiger partial charge in [-0.05, 0) is 48.2 Å². The van der Waals surface area contributed by atoms with E-state index in [2.05, 4.69) is 0 Å². The van der Waals surface area contributed by atoms with Crippen molar-refractivity contribution >= 4 is 28.6 Å². The minimum Gasteiger partial charge on any atom is -0.467 e. The number of benzene rings is 2. The zero-order valence-electron chi connectivity index (χ0n) is 15.6. The number of hydrogen-bond donors (Lipinski definition) is 0. The predicted molar refractivity (Wildman–Crippen MR) is 111 cm³/mol. The summed E-state index contributed by atoms with van der Waals surface area (Å²) in [6.07, 6.45) is 3.58. The second kappa shape index (κ2) is 6.97. The van der Waals surface area contributed by atoms with Crippen LogP contribution in [0.25, 0.3) is 11.0 Å². The molecule has 0 unspecified atom stereocenters. The first-order valence-electron chi connectivity index (χ1n) is 9.20. The van der Waals surface area contributed by atoms with E-state index in [-0.39, 0.29) is 23.6 Å². The highest BCUT2D eigenvalue weighted by molar-refractivity contribution is 7.98. The number of amides is 1. The highest BCUT2D eigenvalue weighted by Crippen LogP contribution is 2.39. The summed E-state index contributed by atoms with van der Waals surface area (Å²) in [5.41, 5.74) is 1.50. The molecule has 0 fully saturated rings. The zero-order valence-corrected chi connectivity index (χ0v) is 16.4. The second-order valence-electron chi connectivity index (χ2n) is 6.86. The zero-order chi connectivity index (χ0) is 20.0. The van der Waals surface area contributed by atoms with Gasteiger partial charge >= 0.3 is 0 Å². The van der Waals surface area contributed by atoms with E-state index >= 15 is 0 Å². The molecule has 6 heteroatoms. The van der Waals surface area contributed by atoms with Crippen LogP contribution in [0.2, 0.25) is 0 Å². The monoisotopic (exact) mass is 403 g/mol. The lowest BCUT2D eigenvalue weighted by Gasteiger charge is -2.24. The van der Waals surface area contributed by atoms with Crippen LogP contribution in [0.5, 0.6) is 0 Å². The molecule has 1 aliphatic rings. The first-order valence-corrected chi connectivity index (χ1v) is 10.4. The number of para-hydroxylation sites is 1. The van der Waals surface area contributed by atoms with Gasteiger partial charge in [-0.2, -0.15) is 0 Å². The van der Waals surface area contributed by atoms with Gasteiger partial charge in [0.15, 0.2) is 5.43 Å². The van der Waals surface area contributed by atoms with E-state index in [4.69, 9.17) is 8.83 Å². The van der Waals surface area contributed by atoms with Gasteiger partial charge < -0.3 is 13.7 Å². The third kappa shape index (κ3) is 2.87. The van der Waals surface area contributed by atoms with Crippen LogP contribution in [-0.2, 0) is 6.54 Å². The lowest BCUT2D eigenvalue weighted by molar-refractivity contribution is 0.0701. The molecule has 1 aliphatic heterocycles.